The van der Waals surface area contributed by atoms with Gasteiger partial charge in [0.05, 0.1) is 22.8 Å². The zero-order valence-electron chi connectivity index (χ0n) is 27.6. The number of imide groups is 1. The maximum Gasteiger partial charge on any atom is 0.328 e. The highest BCUT2D eigenvalue weighted by Crippen LogP contribution is 2.32. The van der Waals surface area contributed by atoms with Crippen molar-refractivity contribution in [1.29, 1.82) is 0 Å². The summed E-state index contributed by atoms with van der Waals surface area (Å²) < 4.78 is 3.26. The van der Waals surface area contributed by atoms with Crippen LogP contribution in [-0.2, 0) is 29.7 Å². The zero-order chi connectivity index (χ0) is 34.6. The van der Waals surface area contributed by atoms with E-state index < -0.39 is 17.6 Å². The maximum absolute atomic E-state index is 13.1. The molecule has 3 aliphatic rings. The van der Waals surface area contributed by atoms with Gasteiger partial charge in [-0.15, -0.1) is 0 Å². The third-order valence-electron chi connectivity index (χ3n) is 9.52. The highest BCUT2D eigenvalue weighted by molar-refractivity contribution is 6.33. The maximum atomic E-state index is 13.1. The number of aromatic nitrogens is 4. The van der Waals surface area contributed by atoms with Gasteiger partial charge in [0.25, 0.3) is 5.91 Å². The molecule has 49 heavy (non-hydrogen) atoms. The zero-order valence-corrected chi connectivity index (χ0v) is 28.3. The molecule has 2 fully saturated rings. The minimum Gasteiger partial charge on any atom is -0.390 e. The molecular formula is C34H38ClN9O5. The number of aliphatic hydroxyl groups is 1. The van der Waals surface area contributed by atoms with Crippen LogP contribution in [-0.4, -0.2) is 84.7 Å². The molecule has 14 nitrogen and oxygen atoms in total. The Morgan fingerprint density at radius 2 is 1.78 bits per heavy atom. The first-order valence-electron chi connectivity index (χ1n) is 16.3. The average Bonchev–Trinajstić information content (AvgIpc) is 3.52. The van der Waals surface area contributed by atoms with E-state index in [0.717, 1.165) is 22.3 Å². The number of aryl methyl sites for hydroxylation is 2. The number of anilines is 4. The number of piperidine rings is 1. The summed E-state index contributed by atoms with van der Waals surface area (Å²) in [5.74, 6) is 0.0700. The molecule has 3 N–H and O–H groups in total. The fourth-order valence-electron chi connectivity index (χ4n) is 6.75. The van der Waals surface area contributed by atoms with Crippen molar-refractivity contribution < 1.29 is 19.5 Å². The van der Waals surface area contributed by atoms with E-state index >= 15 is 0 Å². The first kappa shape index (κ1) is 32.6. The molecular weight excluding hydrogens is 650 g/mol. The van der Waals surface area contributed by atoms with Gasteiger partial charge in [0.15, 0.2) is 5.82 Å². The molecule has 3 amide bonds. The van der Waals surface area contributed by atoms with Crippen LogP contribution in [0.1, 0.15) is 49.0 Å². The predicted octanol–water partition coefficient (Wildman–Crippen LogP) is 2.78. The molecule has 0 spiro atoms. The second-order valence-corrected chi connectivity index (χ2v) is 13.9. The topological polar surface area (TPSA) is 158 Å². The van der Waals surface area contributed by atoms with Crippen molar-refractivity contribution in [1.82, 2.24) is 29.3 Å². The van der Waals surface area contributed by atoms with Gasteiger partial charge in [0.1, 0.15) is 11.1 Å². The molecule has 2 aromatic heterocycles. The van der Waals surface area contributed by atoms with Crippen molar-refractivity contribution in [2.75, 3.05) is 41.3 Å². The Labute approximate surface area is 287 Å². The van der Waals surface area contributed by atoms with Crippen molar-refractivity contribution in [3.8, 4) is 0 Å². The highest BCUT2D eigenvalue weighted by Gasteiger charge is 2.39. The number of nitrogens with zero attached hydrogens (tertiary/aromatic N) is 7. The van der Waals surface area contributed by atoms with Gasteiger partial charge in [-0.3, -0.25) is 28.8 Å². The van der Waals surface area contributed by atoms with Crippen LogP contribution in [0.4, 0.5) is 23.1 Å². The van der Waals surface area contributed by atoms with Crippen molar-refractivity contribution >= 4 is 63.5 Å². The normalized spacial score (nSPS) is 18.3. The summed E-state index contributed by atoms with van der Waals surface area (Å²) in [4.78, 5) is 65.2. The summed E-state index contributed by atoms with van der Waals surface area (Å²) in [6, 6.07) is 10.8. The number of carbonyl (C=O) groups is 3. The minimum atomic E-state index is -0.906. The van der Waals surface area contributed by atoms with Crippen LogP contribution in [0.5, 0.6) is 0 Å². The van der Waals surface area contributed by atoms with E-state index in [9.17, 15) is 24.3 Å². The van der Waals surface area contributed by atoms with Gasteiger partial charge in [-0.1, -0.05) is 11.6 Å². The van der Waals surface area contributed by atoms with Crippen LogP contribution in [0.2, 0.25) is 5.02 Å². The van der Waals surface area contributed by atoms with E-state index in [4.69, 9.17) is 16.6 Å². The Kier molecular flexibility index (Phi) is 8.31. The molecule has 0 saturated carbocycles. The Morgan fingerprint density at radius 1 is 1.02 bits per heavy atom. The Morgan fingerprint density at radius 3 is 2.51 bits per heavy atom. The molecule has 0 radical (unpaired) electrons. The second-order valence-electron chi connectivity index (χ2n) is 13.5. The Balaban J connectivity index is 1.03. The summed E-state index contributed by atoms with van der Waals surface area (Å²) in [6.07, 6.45) is 2.55. The minimum absolute atomic E-state index is 0.152. The first-order valence-corrected chi connectivity index (χ1v) is 16.7. The highest BCUT2D eigenvalue weighted by atomic mass is 35.5. The Bertz CT molecular complexity index is 2040. The Hall–Kier alpha value is -4.95. The summed E-state index contributed by atoms with van der Waals surface area (Å²) in [7, 11) is 1.73. The van der Waals surface area contributed by atoms with Gasteiger partial charge >= 0.3 is 5.69 Å². The largest absolute Gasteiger partial charge is 0.390 e. The number of benzene rings is 2. The number of imidazole rings is 1. The number of carbonyl (C=O) groups excluding carboxylic acids is 3. The molecule has 2 saturated heterocycles. The number of piperazine rings is 1. The number of rotatable bonds is 8. The molecule has 1 atom stereocenters. The number of hydrogen-bond donors (Lipinski definition) is 3. The SMILES string of the molecule is Cn1c(=O)n(CCC(C)(C)O)c2cc(Nc3nc(N4CCN(c5ccc6c(c5)CN(C5CCC(=O)NC5=O)C6=O)CC4)ncc3Cl)ccc21. The first-order chi connectivity index (χ1) is 23.4. The molecule has 7 rings (SSSR count). The van der Waals surface area contributed by atoms with E-state index in [1.165, 1.54) is 0 Å². The number of fused-ring (bicyclic) bond motifs is 2. The van der Waals surface area contributed by atoms with Gasteiger partial charge in [-0.05, 0) is 68.7 Å². The van der Waals surface area contributed by atoms with Crippen LogP contribution >= 0.6 is 11.6 Å². The molecule has 0 aliphatic carbocycles. The van der Waals surface area contributed by atoms with Crippen LogP contribution in [0, 0.1) is 0 Å². The van der Waals surface area contributed by atoms with Gasteiger partial charge < -0.3 is 25.1 Å². The number of hydrogen-bond acceptors (Lipinski definition) is 10. The van der Waals surface area contributed by atoms with E-state index in [2.05, 4.69) is 25.4 Å². The van der Waals surface area contributed by atoms with Gasteiger partial charge in [0, 0.05) is 69.7 Å². The van der Waals surface area contributed by atoms with Gasteiger partial charge in [0.2, 0.25) is 17.8 Å². The smallest absolute Gasteiger partial charge is 0.328 e. The van der Waals surface area contributed by atoms with E-state index in [0.29, 0.717) is 80.1 Å². The lowest BCUT2D eigenvalue weighted by atomic mass is 10.0. The standard InChI is InChI=1S/C34H38ClN9O5/c1-34(2,49)10-11-43-27-17-21(4-7-25(27)40(3)33(43)48)37-29-24(35)18-36-32(39-29)42-14-12-41(13-15-42)22-5-6-23-20(16-22)19-44(31(23)47)26-8-9-28(45)38-30(26)46/h4-7,16-18,26,49H,8-15,19H2,1-3H3,(H,36,37,39)(H,38,45,46). The molecule has 2 aromatic carbocycles. The van der Waals surface area contributed by atoms with E-state index in [1.807, 2.05) is 36.4 Å². The number of amides is 3. The van der Waals surface area contributed by atoms with Crippen LogP contribution in [0.3, 0.4) is 0 Å². The van der Waals surface area contributed by atoms with Crippen molar-refractivity contribution in [3.63, 3.8) is 0 Å². The molecule has 5 heterocycles. The van der Waals surface area contributed by atoms with Crippen LogP contribution in [0.25, 0.3) is 11.0 Å². The van der Waals surface area contributed by atoms with Gasteiger partial charge in [-0.2, -0.15) is 4.98 Å². The molecule has 15 heteroatoms. The molecule has 256 valence electrons. The molecule has 3 aliphatic heterocycles. The monoisotopic (exact) mass is 687 g/mol. The third kappa shape index (κ3) is 6.33. The molecule has 4 aromatic rings. The lowest BCUT2D eigenvalue weighted by Crippen LogP contribution is -2.52. The van der Waals surface area contributed by atoms with Crippen molar-refractivity contribution in [2.45, 2.75) is 57.8 Å². The summed E-state index contributed by atoms with van der Waals surface area (Å²) in [6.45, 7) is 6.86. The fraction of sp³-hybridized carbons (Fsp3) is 0.412. The van der Waals surface area contributed by atoms with Crippen molar-refractivity contribution in [3.05, 3.63) is 69.2 Å². The predicted molar refractivity (Wildman–Crippen MR) is 185 cm³/mol. The lowest BCUT2D eigenvalue weighted by molar-refractivity contribution is -0.136. The third-order valence-corrected chi connectivity index (χ3v) is 9.80. The quantitative estimate of drug-likeness (QED) is 0.235. The summed E-state index contributed by atoms with van der Waals surface area (Å²) in [5, 5.41) is 16.2. The lowest BCUT2D eigenvalue weighted by Gasteiger charge is -2.36. The fourth-order valence-corrected chi connectivity index (χ4v) is 6.88. The number of nitrogens with one attached hydrogen (secondary N) is 2. The molecule has 1 unspecified atom stereocenters. The van der Waals surface area contributed by atoms with E-state index in [-0.39, 0.29) is 23.9 Å². The number of halogens is 1. The van der Waals surface area contributed by atoms with Crippen LogP contribution in [0.15, 0.2) is 47.4 Å². The summed E-state index contributed by atoms with van der Waals surface area (Å²) >= 11 is 6.53. The van der Waals surface area contributed by atoms with E-state index in [1.54, 1.807) is 41.1 Å². The van der Waals surface area contributed by atoms with Crippen LogP contribution < -0.4 is 26.1 Å². The second kappa shape index (κ2) is 12.5. The summed E-state index contributed by atoms with van der Waals surface area (Å²) in [5.41, 5.74) is 3.62. The van der Waals surface area contributed by atoms with Crippen molar-refractivity contribution in [2.24, 2.45) is 7.05 Å². The van der Waals surface area contributed by atoms with Gasteiger partial charge in [-0.25, -0.2) is 9.78 Å². The molecule has 0 bridgehead atoms. The average molecular weight is 688 g/mol.